The molecule has 0 aromatic heterocycles. The summed E-state index contributed by atoms with van der Waals surface area (Å²) in [5, 5.41) is 11.3. The molecule has 0 aliphatic heterocycles. The molecule has 2 N–H and O–H groups in total. The van der Waals surface area contributed by atoms with Crippen molar-refractivity contribution < 1.29 is 19.5 Å². The summed E-state index contributed by atoms with van der Waals surface area (Å²) in [6.07, 6.45) is 3.70. The van der Waals surface area contributed by atoms with Crippen molar-refractivity contribution in [3.05, 3.63) is 35.4 Å². The van der Waals surface area contributed by atoms with Crippen LogP contribution >= 0.6 is 0 Å². The van der Waals surface area contributed by atoms with Crippen molar-refractivity contribution in [3.63, 3.8) is 0 Å². The predicted octanol–water partition coefficient (Wildman–Crippen LogP) is 4.14. The van der Waals surface area contributed by atoms with Crippen LogP contribution in [0.3, 0.4) is 0 Å². The van der Waals surface area contributed by atoms with Gasteiger partial charge >= 0.3 is 5.97 Å². The molecule has 2 atom stereocenters. The number of anilines is 1. The molecular formula is C21H27NO4. The third-order valence-corrected chi connectivity index (χ3v) is 4.95. The van der Waals surface area contributed by atoms with Crippen molar-refractivity contribution >= 4 is 29.4 Å². The average molecular weight is 357 g/mol. The van der Waals surface area contributed by atoms with E-state index in [1.807, 2.05) is 18.2 Å². The van der Waals surface area contributed by atoms with Gasteiger partial charge in [0.05, 0.1) is 6.42 Å². The Balaban J connectivity index is 2.07. The minimum atomic E-state index is -0.993. The molecule has 1 amide bonds. The highest BCUT2D eigenvalue weighted by Gasteiger charge is 2.32. The van der Waals surface area contributed by atoms with Gasteiger partial charge in [-0.25, -0.2) is 0 Å². The van der Waals surface area contributed by atoms with Gasteiger partial charge in [-0.3, -0.25) is 14.4 Å². The van der Waals surface area contributed by atoms with E-state index in [4.69, 9.17) is 5.11 Å². The molecule has 5 nitrogen and oxygen atoms in total. The molecule has 0 heterocycles. The van der Waals surface area contributed by atoms with Gasteiger partial charge in [-0.15, -0.1) is 0 Å². The van der Waals surface area contributed by atoms with Crippen molar-refractivity contribution in [1.29, 1.82) is 0 Å². The zero-order valence-corrected chi connectivity index (χ0v) is 15.6. The summed E-state index contributed by atoms with van der Waals surface area (Å²) in [5.74, 6) is -0.354. The van der Waals surface area contributed by atoms with Crippen LogP contribution in [0.5, 0.6) is 0 Å². The van der Waals surface area contributed by atoms with Crippen LogP contribution < -0.4 is 5.32 Å². The van der Waals surface area contributed by atoms with Crippen molar-refractivity contribution in [2.75, 3.05) is 5.32 Å². The monoisotopic (exact) mass is 357 g/mol. The number of Topliss-reactive ketones (excluding diaryl/α,β-unsaturated/α-hetero) is 1. The maximum absolute atomic E-state index is 12.7. The molecule has 0 saturated heterocycles. The van der Waals surface area contributed by atoms with Gasteiger partial charge in [-0.05, 0) is 54.0 Å². The van der Waals surface area contributed by atoms with Gasteiger partial charge in [-0.2, -0.15) is 0 Å². The second-order valence-electron chi connectivity index (χ2n) is 7.36. The van der Waals surface area contributed by atoms with Crippen LogP contribution in [0, 0.1) is 17.8 Å². The van der Waals surface area contributed by atoms with Crippen LogP contribution in [0.25, 0.3) is 6.08 Å². The Hall–Kier alpha value is -2.43. The lowest BCUT2D eigenvalue weighted by atomic mass is 9.73. The Kier molecular flexibility index (Phi) is 6.72. The van der Waals surface area contributed by atoms with E-state index in [2.05, 4.69) is 26.1 Å². The highest BCUT2D eigenvalue weighted by Crippen LogP contribution is 2.35. The predicted molar refractivity (Wildman–Crippen MR) is 102 cm³/mol. The van der Waals surface area contributed by atoms with E-state index in [9.17, 15) is 14.4 Å². The van der Waals surface area contributed by atoms with Crippen LogP contribution in [-0.4, -0.2) is 22.8 Å². The number of allylic oxidation sites excluding steroid dienone is 1. The number of carbonyl (C=O) groups excluding carboxylic acids is 2. The maximum Gasteiger partial charge on any atom is 0.303 e. The van der Waals surface area contributed by atoms with Gasteiger partial charge < -0.3 is 10.4 Å². The van der Waals surface area contributed by atoms with Crippen LogP contribution in [0.4, 0.5) is 5.69 Å². The molecule has 26 heavy (non-hydrogen) atoms. The Bertz CT molecular complexity index is 703. The maximum atomic E-state index is 12.7. The summed E-state index contributed by atoms with van der Waals surface area (Å²) < 4.78 is 0. The second kappa shape index (κ2) is 8.79. The van der Waals surface area contributed by atoms with Crippen molar-refractivity contribution in [1.82, 2.24) is 0 Å². The number of ketones is 1. The zero-order valence-electron chi connectivity index (χ0n) is 15.6. The lowest BCUT2D eigenvalue weighted by molar-refractivity contribution is -0.138. The SMILES string of the molecule is CC(C)[C@@H]1CC[C@H](C)/C(=C/c2ccc(NC(=O)CCC(=O)O)cc2)C1=O. The Morgan fingerprint density at radius 3 is 2.42 bits per heavy atom. The van der Waals surface area contributed by atoms with Gasteiger partial charge in [0.2, 0.25) is 5.91 Å². The second-order valence-corrected chi connectivity index (χ2v) is 7.36. The van der Waals surface area contributed by atoms with Gasteiger partial charge in [-0.1, -0.05) is 32.9 Å². The molecule has 5 heteroatoms. The number of carboxylic acid groups (broad SMARTS) is 1. The number of hydrogen-bond donors (Lipinski definition) is 2. The van der Waals surface area contributed by atoms with E-state index in [1.165, 1.54) is 0 Å². The zero-order chi connectivity index (χ0) is 19.3. The molecule has 1 aromatic rings. The van der Waals surface area contributed by atoms with Crippen molar-refractivity contribution in [2.45, 2.75) is 46.5 Å². The standard InChI is InChI=1S/C21H27NO4/c1-13(2)17-9-4-14(3)18(21(17)26)12-15-5-7-16(8-6-15)22-19(23)10-11-20(24)25/h5-8,12-14,17H,4,9-11H2,1-3H3,(H,22,23)(H,24,25)/b18-12-/t14-,17-/m0/s1. The number of carboxylic acids is 1. The molecule has 0 bridgehead atoms. The van der Waals surface area contributed by atoms with Crippen LogP contribution in [0.1, 0.15) is 52.0 Å². The topological polar surface area (TPSA) is 83.5 Å². The van der Waals surface area contributed by atoms with E-state index in [0.717, 1.165) is 24.0 Å². The molecule has 1 aromatic carbocycles. The fraction of sp³-hybridized carbons (Fsp3) is 0.476. The van der Waals surface area contributed by atoms with E-state index in [-0.39, 0.29) is 36.4 Å². The van der Waals surface area contributed by atoms with E-state index in [1.54, 1.807) is 12.1 Å². The Morgan fingerprint density at radius 1 is 1.19 bits per heavy atom. The molecule has 140 valence electrons. The molecule has 1 saturated carbocycles. The van der Waals surface area contributed by atoms with Gasteiger partial charge in [0.15, 0.2) is 5.78 Å². The van der Waals surface area contributed by atoms with Crippen LogP contribution in [0.15, 0.2) is 29.8 Å². The van der Waals surface area contributed by atoms with Crippen LogP contribution in [0.2, 0.25) is 0 Å². The lowest BCUT2D eigenvalue weighted by Crippen LogP contribution is -2.30. The van der Waals surface area contributed by atoms with E-state index in [0.29, 0.717) is 11.6 Å². The molecule has 0 unspecified atom stereocenters. The summed E-state index contributed by atoms with van der Waals surface area (Å²) in [5.41, 5.74) is 2.42. The Morgan fingerprint density at radius 2 is 1.85 bits per heavy atom. The van der Waals surface area contributed by atoms with Gasteiger partial charge in [0.25, 0.3) is 0 Å². The summed E-state index contributed by atoms with van der Waals surface area (Å²) in [4.78, 5) is 34.9. The summed E-state index contributed by atoms with van der Waals surface area (Å²) in [6.45, 7) is 6.29. The number of rotatable bonds is 6. The van der Waals surface area contributed by atoms with Crippen molar-refractivity contribution in [2.24, 2.45) is 17.8 Å². The third-order valence-electron chi connectivity index (χ3n) is 4.95. The first-order valence-electron chi connectivity index (χ1n) is 9.15. The van der Waals surface area contributed by atoms with E-state index >= 15 is 0 Å². The fourth-order valence-corrected chi connectivity index (χ4v) is 3.31. The first-order valence-corrected chi connectivity index (χ1v) is 9.15. The van der Waals surface area contributed by atoms with E-state index < -0.39 is 5.97 Å². The molecular weight excluding hydrogens is 330 g/mol. The smallest absolute Gasteiger partial charge is 0.303 e. The summed E-state index contributed by atoms with van der Waals surface area (Å²) in [7, 11) is 0. The highest BCUT2D eigenvalue weighted by atomic mass is 16.4. The number of hydrogen-bond acceptors (Lipinski definition) is 3. The minimum Gasteiger partial charge on any atom is -0.481 e. The van der Waals surface area contributed by atoms with Crippen molar-refractivity contribution in [3.8, 4) is 0 Å². The minimum absolute atomic E-state index is 0.0518. The molecule has 0 radical (unpaired) electrons. The van der Waals surface area contributed by atoms with Gasteiger partial charge in [0, 0.05) is 18.0 Å². The number of nitrogens with one attached hydrogen (secondary N) is 1. The summed E-state index contributed by atoms with van der Waals surface area (Å²) >= 11 is 0. The molecule has 2 rings (SSSR count). The first kappa shape index (κ1) is 19.9. The summed E-state index contributed by atoms with van der Waals surface area (Å²) in [6, 6.07) is 7.25. The quantitative estimate of drug-likeness (QED) is 0.749. The average Bonchev–Trinajstić information content (AvgIpc) is 2.58. The number of aliphatic carboxylic acids is 1. The number of benzene rings is 1. The largest absolute Gasteiger partial charge is 0.481 e. The fourth-order valence-electron chi connectivity index (χ4n) is 3.31. The molecule has 1 fully saturated rings. The third kappa shape index (κ3) is 5.28. The van der Waals surface area contributed by atoms with Gasteiger partial charge in [0.1, 0.15) is 0 Å². The van der Waals surface area contributed by atoms with Crippen LogP contribution in [-0.2, 0) is 14.4 Å². The number of carbonyl (C=O) groups is 3. The first-order chi connectivity index (χ1) is 12.3. The molecule has 0 spiro atoms. The molecule has 1 aliphatic carbocycles. The highest BCUT2D eigenvalue weighted by molar-refractivity contribution is 6.02. The number of amides is 1. The lowest BCUT2D eigenvalue weighted by Gasteiger charge is -2.30. The Labute approximate surface area is 154 Å². The molecule has 1 aliphatic rings. The normalized spacial score (nSPS) is 21.8.